The van der Waals surface area contributed by atoms with Gasteiger partial charge in [-0.3, -0.25) is 0 Å². The highest BCUT2D eigenvalue weighted by atomic mass is 32.2. The van der Waals surface area contributed by atoms with E-state index in [9.17, 15) is 8.78 Å². The first-order valence-electron chi connectivity index (χ1n) is 9.47. The molecule has 0 aliphatic carbocycles. The molecule has 3 rings (SSSR count). The molecule has 3 aromatic carbocycles. The molecule has 4 heteroatoms. The number of nitrogens with zero attached hydrogens (tertiary/aromatic N) is 1. The summed E-state index contributed by atoms with van der Waals surface area (Å²) in [6.45, 7) is 1.96. The van der Waals surface area contributed by atoms with Crippen LogP contribution in [0.15, 0.2) is 78.9 Å². The first kappa shape index (κ1) is 20.6. The number of likely N-dealkylation sites (N-methyl/N-ethyl adjacent to an activating group) is 1. The van der Waals surface area contributed by atoms with Crippen molar-refractivity contribution in [2.45, 2.75) is 11.7 Å². The SMILES string of the molecule is CN(CCSC(c1ccc(F)cc1)c1ccc(F)cc1)CCc1ccccc1. The van der Waals surface area contributed by atoms with Crippen LogP contribution in [0, 0.1) is 11.6 Å². The minimum Gasteiger partial charge on any atom is -0.305 e. The minimum atomic E-state index is -0.243. The molecule has 28 heavy (non-hydrogen) atoms. The lowest BCUT2D eigenvalue weighted by molar-refractivity contribution is 0.360. The smallest absolute Gasteiger partial charge is 0.123 e. The molecule has 0 saturated carbocycles. The van der Waals surface area contributed by atoms with Gasteiger partial charge in [-0.15, -0.1) is 11.8 Å². The van der Waals surface area contributed by atoms with Crippen LogP contribution in [0.25, 0.3) is 0 Å². The van der Waals surface area contributed by atoms with Crippen LogP contribution in [-0.4, -0.2) is 30.8 Å². The predicted octanol–water partition coefficient (Wildman–Crippen LogP) is 5.96. The molecule has 0 saturated heterocycles. The van der Waals surface area contributed by atoms with Gasteiger partial charge in [0.25, 0.3) is 0 Å². The van der Waals surface area contributed by atoms with E-state index in [4.69, 9.17) is 0 Å². The van der Waals surface area contributed by atoms with Gasteiger partial charge in [0, 0.05) is 18.8 Å². The monoisotopic (exact) mass is 397 g/mol. The van der Waals surface area contributed by atoms with E-state index in [0.717, 1.165) is 36.4 Å². The van der Waals surface area contributed by atoms with Crippen LogP contribution in [0.4, 0.5) is 8.78 Å². The fourth-order valence-electron chi connectivity index (χ4n) is 3.06. The summed E-state index contributed by atoms with van der Waals surface area (Å²) in [5.41, 5.74) is 3.41. The maximum atomic E-state index is 13.3. The van der Waals surface area contributed by atoms with Crippen LogP contribution in [0.5, 0.6) is 0 Å². The van der Waals surface area contributed by atoms with E-state index in [-0.39, 0.29) is 16.9 Å². The molecule has 0 spiro atoms. The van der Waals surface area contributed by atoms with Crippen LogP contribution in [0.3, 0.4) is 0 Å². The van der Waals surface area contributed by atoms with E-state index in [1.165, 1.54) is 29.8 Å². The molecule has 0 fully saturated rings. The van der Waals surface area contributed by atoms with E-state index < -0.39 is 0 Å². The summed E-state index contributed by atoms with van der Waals surface area (Å²) in [6, 6.07) is 23.7. The van der Waals surface area contributed by atoms with Gasteiger partial charge in [-0.05, 0) is 54.4 Å². The van der Waals surface area contributed by atoms with Crippen LogP contribution in [0.2, 0.25) is 0 Å². The standard InChI is InChI=1S/C24H25F2NS/c1-27(16-15-19-5-3-2-4-6-19)17-18-28-24(20-7-11-22(25)12-8-20)21-9-13-23(26)14-10-21/h2-14,24H,15-18H2,1H3. The van der Waals surface area contributed by atoms with Crippen molar-refractivity contribution in [1.82, 2.24) is 4.90 Å². The second-order valence-corrected chi connectivity index (χ2v) is 8.11. The lowest BCUT2D eigenvalue weighted by Crippen LogP contribution is -2.24. The summed E-state index contributed by atoms with van der Waals surface area (Å²) in [4.78, 5) is 2.33. The summed E-state index contributed by atoms with van der Waals surface area (Å²) in [6.07, 6.45) is 1.03. The lowest BCUT2D eigenvalue weighted by atomic mass is 10.0. The normalized spacial score (nSPS) is 11.3. The van der Waals surface area contributed by atoms with Gasteiger partial charge >= 0.3 is 0 Å². The first-order valence-corrected chi connectivity index (χ1v) is 10.5. The highest BCUT2D eigenvalue weighted by Gasteiger charge is 2.15. The van der Waals surface area contributed by atoms with Gasteiger partial charge in [0.1, 0.15) is 11.6 Å². The Labute approximate surface area is 170 Å². The van der Waals surface area contributed by atoms with Crippen molar-refractivity contribution < 1.29 is 8.78 Å². The van der Waals surface area contributed by atoms with Gasteiger partial charge in [0.2, 0.25) is 0 Å². The van der Waals surface area contributed by atoms with Crippen molar-refractivity contribution in [2.24, 2.45) is 0 Å². The molecule has 0 atom stereocenters. The summed E-state index contributed by atoms with van der Waals surface area (Å²) < 4.78 is 26.6. The number of benzene rings is 3. The second-order valence-electron chi connectivity index (χ2n) is 6.89. The van der Waals surface area contributed by atoms with Gasteiger partial charge in [-0.1, -0.05) is 54.6 Å². The fourth-order valence-corrected chi connectivity index (χ4v) is 4.41. The Morgan fingerprint density at radius 2 is 1.29 bits per heavy atom. The molecule has 0 bridgehead atoms. The molecule has 0 aliphatic rings. The van der Waals surface area contributed by atoms with Crippen LogP contribution in [0.1, 0.15) is 21.9 Å². The Kier molecular flexibility index (Phi) is 7.63. The third-order valence-electron chi connectivity index (χ3n) is 4.73. The summed E-state index contributed by atoms with van der Waals surface area (Å²) in [7, 11) is 2.13. The Morgan fingerprint density at radius 1 is 0.750 bits per heavy atom. The van der Waals surface area contributed by atoms with E-state index in [2.05, 4.69) is 36.2 Å². The molecule has 0 aliphatic heterocycles. The van der Waals surface area contributed by atoms with E-state index in [1.54, 1.807) is 11.8 Å². The Balaban J connectivity index is 1.58. The second kappa shape index (κ2) is 10.4. The maximum Gasteiger partial charge on any atom is 0.123 e. The molecule has 0 N–H and O–H groups in total. The Bertz CT molecular complexity index is 789. The highest BCUT2D eigenvalue weighted by Crippen LogP contribution is 2.35. The number of hydrogen-bond acceptors (Lipinski definition) is 2. The summed E-state index contributed by atoms with van der Waals surface area (Å²) in [5, 5.41) is 0.0590. The van der Waals surface area contributed by atoms with E-state index in [0.29, 0.717) is 0 Å². The van der Waals surface area contributed by atoms with Crippen molar-refractivity contribution in [3.63, 3.8) is 0 Å². The van der Waals surface area contributed by atoms with Crippen molar-refractivity contribution in [2.75, 3.05) is 25.9 Å². The Hall–Kier alpha value is -2.17. The van der Waals surface area contributed by atoms with Gasteiger partial charge in [0.05, 0.1) is 5.25 Å². The third kappa shape index (κ3) is 6.18. The van der Waals surface area contributed by atoms with E-state index in [1.807, 2.05) is 30.3 Å². The average molecular weight is 398 g/mol. The number of halogens is 2. The Morgan fingerprint density at radius 3 is 1.82 bits per heavy atom. The molecule has 0 unspecified atom stereocenters. The van der Waals surface area contributed by atoms with Crippen LogP contribution >= 0.6 is 11.8 Å². The zero-order valence-corrected chi connectivity index (χ0v) is 16.8. The fraction of sp³-hybridized carbons (Fsp3) is 0.250. The quantitative estimate of drug-likeness (QED) is 0.438. The number of hydrogen-bond donors (Lipinski definition) is 0. The minimum absolute atomic E-state index is 0.0590. The third-order valence-corrected chi connectivity index (χ3v) is 6.02. The van der Waals surface area contributed by atoms with Gasteiger partial charge < -0.3 is 4.90 Å². The van der Waals surface area contributed by atoms with Crippen molar-refractivity contribution in [1.29, 1.82) is 0 Å². The van der Waals surface area contributed by atoms with Crippen molar-refractivity contribution in [3.05, 3.63) is 107 Å². The largest absolute Gasteiger partial charge is 0.305 e. The zero-order chi connectivity index (χ0) is 19.8. The number of thioether (sulfide) groups is 1. The van der Waals surface area contributed by atoms with Gasteiger partial charge in [0.15, 0.2) is 0 Å². The van der Waals surface area contributed by atoms with Gasteiger partial charge in [-0.2, -0.15) is 0 Å². The van der Waals surface area contributed by atoms with E-state index >= 15 is 0 Å². The molecular formula is C24H25F2NS. The highest BCUT2D eigenvalue weighted by molar-refractivity contribution is 7.99. The lowest BCUT2D eigenvalue weighted by Gasteiger charge is -2.21. The molecule has 0 amide bonds. The maximum absolute atomic E-state index is 13.3. The summed E-state index contributed by atoms with van der Waals surface area (Å²) >= 11 is 1.80. The molecule has 1 nitrogen and oxygen atoms in total. The van der Waals surface area contributed by atoms with Gasteiger partial charge in [-0.25, -0.2) is 8.78 Å². The molecule has 0 radical (unpaired) electrons. The van der Waals surface area contributed by atoms with Crippen LogP contribution < -0.4 is 0 Å². The first-order chi connectivity index (χ1) is 13.6. The summed E-state index contributed by atoms with van der Waals surface area (Å²) in [5.74, 6) is 0.449. The molecule has 146 valence electrons. The van der Waals surface area contributed by atoms with Crippen molar-refractivity contribution >= 4 is 11.8 Å². The topological polar surface area (TPSA) is 3.24 Å². The molecule has 3 aromatic rings. The molecule has 0 aromatic heterocycles. The van der Waals surface area contributed by atoms with Crippen LogP contribution in [-0.2, 0) is 6.42 Å². The zero-order valence-electron chi connectivity index (χ0n) is 16.0. The van der Waals surface area contributed by atoms with Crippen molar-refractivity contribution in [3.8, 4) is 0 Å². The molecular weight excluding hydrogens is 372 g/mol. The average Bonchev–Trinajstić information content (AvgIpc) is 2.72. The predicted molar refractivity (Wildman–Crippen MR) is 115 cm³/mol. The number of rotatable bonds is 9. The molecule has 0 heterocycles.